The number of ether oxygens (including phenoxy) is 2. The third-order valence-electron chi connectivity index (χ3n) is 4.79. The first-order chi connectivity index (χ1) is 10.7. The molecule has 5 nitrogen and oxygen atoms in total. The Balaban J connectivity index is 0.000000131. The molecule has 0 aromatic carbocycles. The molecule has 1 saturated carbocycles. The Kier molecular flexibility index (Phi) is 5.28. The van der Waals surface area contributed by atoms with E-state index in [4.69, 9.17) is 9.47 Å². The third-order valence-corrected chi connectivity index (χ3v) is 4.79. The SMILES string of the molecule is CC1NCOc2ccncc21.CN1COC2CCCCC2C1. The number of aromatic nitrogens is 1. The van der Waals surface area contributed by atoms with Crippen molar-refractivity contribution in [3.63, 3.8) is 0 Å². The van der Waals surface area contributed by atoms with Crippen LogP contribution in [0.2, 0.25) is 0 Å². The minimum atomic E-state index is 0.354. The average molecular weight is 305 g/mol. The van der Waals surface area contributed by atoms with Crippen molar-refractivity contribution in [3.05, 3.63) is 24.0 Å². The molecule has 3 atom stereocenters. The predicted molar refractivity (Wildman–Crippen MR) is 85.6 cm³/mol. The number of fused-ring (bicyclic) bond motifs is 2. The van der Waals surface area contributed by atoms with E-state index in [0.29, 0.717) is 18.9 Å². The summed E-state index contributed by atoms with van der Waals surface area (Å²) in [5, 5.41) is 3.18. The number of hydrogen-bond acceptors (Lipinski definition) is 5. The summed E-state index contributed by atoms with van der Waals surface area (Å²) in [6, 6.07) is 2.25. The highest BCUT2D eigenvalue weighted by atomic mass is 16.5. The molecule has 0 bridgehead atoms. The van der Waals surface area contributed by atoms with Crippen molar-refractivity contribution in [1.82, 2.24) is 15.2 Å². The van der Waals surface area contributed by atoms with Gasteiger partial charge in [-0.1, -0.05) is 12.8 Å². The summed E-state index contributed by atoms with van der Waals surface area (Å²) in [5.74, 6) is 1.79. The fraction of sp³-hybridized carbons (Fsp3) is 0.706. The van der Waals surface area contributed by atoms with Crippen molar-refractivity contribution in [2.45, 2.75) is 44.8 Å². The van der Waals surface area contributed by atoms with Gasteiger partial charge in [0.15, 0.2) is 0 Å². The molecule has 1 N–H and O–H groups in total. The first-order valence-electron chi connectivity index (χ1n) is 8.34. The van der Waals surface area contributed by atoms with E-state index < -0.39 is 0 Å². The second-order valence-electron chi connectivity index (χ2n) is 6.55. The Hall–Kier alpha value is -1.17. The maximum Gasteiger partial charge on any atom is 0.140 e. The lowest BCUT2D eigenvalue weighted by molar-refractivity contribution is -0.108. The van der Waals surface area contributed by atoms with Gasteiger partial charge in [-0.25, -0.2) is 0 Å². The molecular formula is C17H27N3O2. The van der Waals surface area contributed by atoms with E-state index in [-0.39, 0.29) is 0 Å². The molecule has 2 fully saturated rings. The molecule has 1 saturated heterocycles. The van der Waals surface area contributed by atoms with E-state index in [1.165, 1.54) is 32.2 Å². The number of pyridine rings is 1. The molecule has 5 heteroatoms. The van der Waals surface area contributed by atoms with E-state index in [2.05, 4.69) is 29.2 Å². The summed E-state index contributed by atoms with van der Waals surface area (Å²) >= 11 is 0. The van der Waals surface area contributed by atoms with E-state index in [0.717, 1.165) is 24.0 Å². The van der Waals surface area contributed by atoms with Gasteiger partial charge in [0.05, 0.1) is 12.8 Å². The molecule has 3 heterocycles. The van der Waals surface area contributed by atoms with Gasteiger partial charge in [-0.05, 0) is 38.8 Å². The van der Waals surface area contributed by atoms with E-state index in [1.807, 2.05) is 12.3 Å². The van der Waals surface area contributed by atoms with Crippen molar-refractivity contribution in [2.24, 2.45) is 5.92 Å². The topological polar surface area (TPSA) is 46.6 Å². The summed E-state index contributed by atoms with van der Waals surface area (Å²) in [6.45, 7) is 4.80. The molecule has 3 aliphatic rings. The zero-order valence-electron chi connectivity index (χ0n) is 13.6. The zero-order valence-corrected chi connectivity index (χ0v) is 13.6. The lowest BCUT2D eigenvalue weighted by Gasteiger charge is -2.39. The van der Waals surface area contributed by atoms with Crippen LogP contribution in [0.25, 0.3) is 0 Å². The minimum absolute atomic E-state index is 0.354. The highest BCUT2D eigenvalue weighted by molar-refractivity contribution is 5.33. The molecule has 2 aliphatic heterocycles. The quantitative estimate of drug-likeness (QED) is 0.798. The first kappa shape index (κ1) is 15.7. The van der Waals surface area contributed by atoms with Gasteiger partial charge in [-0.2, -0.15) is 0 Å². The molecule has 1 aromatic heterocycles. The molecule has 1 aliphatic carbocycles. The molecule has 122 valence electrons. The second kappa shape index (κ2) is 7.40. The second-order valence-corrected chi connectivity index (χ2v) is 6.55. The van der Waals surface area contributed by atoms with Crippen molar-refractivity contribution >= 4 is 0 Å². The Labute approximate surface area is 133 Å². The Morgan fingerprint density at radius 3 is 3.05 bits per heavy atom. The molecule has 0 amide bonds. The maximum absolute atomic E-state index is 5.72. The van der Waals surface area contributed by atoms with Crippen LogP contribution >= 0.6 is 0 Å². The predicted octanol–water partition coefficient (Wildman–Crippen LogP) is 2.55. The van der Waals surface area contributed by atoms with Gasteiger partial charge in [-0.15, -0.1) is 0 Å². The number of nitrogens with one attached hydrogen (secondary N) is 1. The van der Waals surface area contributed by atoms with Crippen LogP contribution in [0.1, 0.15) is 44.2 Å². The van der Waals surface area contributed by atoms with Crippen LogP contribution in [-0.2, 0) is 4.74 Å². The largest absolute Gasteiger partial charge is 0.478 e. The number of rotatable bonds is 0. The molecule has 4 rings (SSSR count). The highest BCUT2D eigenvalue weighted by Gasteiger charge is 2.30. The van der Waals surface area contributed by atoms with Gasteiger partial charge in [0.25, 0.3) is 0 Å². The average Bonchev–Trinajstić information content (AvgIpc) is 2.56. The fourth-order valence-corrected chi connectivity index (χ4v) is 3.48. The van der Waals surface area contributed by atoms with E-state index >= 15 is 0 Å². The Bertz CT molecular complexity index is 483. The van der Waals surface area contributed by atoms with Crippen LogP contribution in [0, 0.1) is 5.92 Å². The fourth-order valence-electron chi connectivity index (χ4n) is 3.48. The summed E-state index contributed by atoms with van der Waals surface area (Å²) in [6.07, 6.45) is 9.67. The summed E-state index contributed by atoms with van der Waals surface area (Å²) in [5.41, 5.74) is 1.14. The van der Waals surface area contributed by atoms with Crippen LogP contribution in [0.5, 0.6) is 5.75 Å². The van der Waals surface area contributed by atoms with Gasteiger partial charge in [0.1, 0.15) is 12.5 Å². The molecule has 3 unspecified atom stereocenters. The van der Waals surface area contributed by atoms with Crippen molar-refractivity contribution in [3.8, 4) is 5.75 Å². The summed E-state index contributed by atoms with van der Waals surface area (Å²) < 4.78 is 11.1. The standard InChI is InChI=1S/C9H17NO.C8H10N2O/c1-10-6-8-4-2-3-5-9(8)11-7-10;1-6-7-4-9-3-2-8(7)11-5-10-6/h8-9H,2-7H2,1H3;2-4,6,10H,5H2,1H3. The van der Waals surface area contributed by atoms with Crippen LogP contribution in [0.15, 0.2) is 18.5 Å². The van der Waals surface area contributed by atoms with Gasteiger partial charge >= 0.3 is 0 Å². The zero-order chi connectivity index (χ0) is 15.4. The third kappa shape index (κ3) is 3.77. The molecular weight excluding hydrogens is 278 g/mol. The maximum atomic E-state index is 5.72. The normalized spacial score (nSPS) is 31.1. The summed E-state index contributed by atoms with van der Waals surface area (Å²) in [4.78, 5) is 6.31. The number of hydrogen-bond donors (Lipinski definition) is 1. The van der Waals surface area contributed by atoms with Crippen molar-refractivity contribution in [1.29, 1.82) is 0 Å². The molecule has 0 spiro atoms. The van der Waals surface area contributed by atoms with Gasteiger partial charge < -0.3 is 9.47 Å². The van der Waals surface area contributed by atoms with Gasteiger partial charge in [-0.3, -0.25) is 15.2 Å². The van der Waals surface area contributed by atoms with Gasteiger partial charge in [0.2, 0.25) is 0 Å². The number of nitrogens with zero attached hydrogens (tertiary/aromatic N) is 2. The molecule has 1 aromatic rings. The van der Waals surface area contributed by atoms with E-state index in [1.54, 1.807) is 6.20 Å². The van der Waals surface area contributed by atoms with Gasteiger partial charge in [0, 0.05) is 30.5 Å². The van der Waals surface area contributed by atoms with Crippen molar-refractivity contribution in [2.75, 3.05) is 27.1 Å². The molecule has 0 radical (unpaired) electrons. The Morgan fingerprint density at radius 1 is 1.32 bits per heavy atom. The van der Waals surface area contributed by atoms with Crippen LogP contribution in [-0.4, -0.2) is 43.0 Å². The smallest absolute Gasteiger partial charge is 0.140 e. The van der Waals surface area contributed by atoms with Crippen LogP contribution in [0.4, 0.5) is 0 Å². The Morgan fingerprint density at radius 2 is 2.18 bits per heavy atom. The minimum Gasteiger partial charge on any atom is -0.478 e. The van der Waals surface area contributed by atoms with Crippen LogP contribution < -0.4 is 10.1 Å². The van der Waals surface area contributed by atoms with E-state index in [9.17, 15) is 0 Å². The van der Waals surface area contributed by atoms with Crippen LogP contribution in [0.3, 0.4) is 0 Å². The first-order valence-corrected chi connectivity index (χ1v) is 8.34. The lowest BCUT2D eigenvalue weighted by Crippen LogP contribution is -2.44. The monoisotopic (exact) mass is 305 g/mol. The highest BCUT2D eigenvalue weighted by Crippen LogP contribution is 2.30. The molecule has 22 heavy (non-hydrogen) atoms. The lowest BCUT2D eigenvalue weighted by atomic mass is 9.85. The van der Waals surface area contributed by atoms with Crippen molar-refractivity contribution < 1.29 is 9.47 Å². The summed E-state index contributed by atoms with van der Waals surface area (Å²) in [7, 11) is 2.14.